The zero-order valence-corrected chi connectivity index (χ0v) is 16.3. The van der Waals surface area contributed by atoms with Gasteiger partial charge in [0.15, 0.2) is 11.5 Å². The van der Waals surface area contributed by atoms with E-state index in [0.717, 1.165) is 22.0 Å². The summed E-state index contributed by atoms with van der Waals surface area (Å²) in [5.41, 5.74) is 3.01. The Bertz CT molecular complexity index is 1110. The van der Waals surface area contributed by atoms with Crippen LogP contribution in [0.5, 0.6) is 5.75 Å². The number of ether oxygens (including phenoxy) is 1. The Kier molecular flexibility index (Phi) is 4.84. The number of aliphatic hydroxyl groups excluding tert-OH is 1. The van der Waals surface area contributed by atoms with Crippen LogP contribution >= 0.6 is 0 Å². The van der Waals surface area contributed by atoms with Gasteiger partial charge in [-0.2, -0.15) is 0 Å². The minimum absolute atomic E-state index is 0.138. The molecule has 0 spiro atoms. The number of aromatic amines is 1. The highest BCUT2D eigenvalue weighted by atomic mass is 16.5. The van der Waals surface area contributed by atoms with Crippen molar-refractivity contribution in [3.05, 3.63) is 77.2 Å². The number of carbonyl (C=O) groups excluding carboxylic acids is 2. The molecule has 1 aliphatic rings. The number of fused-ring (bicyclic) bond motifs is 1. The molecule has 0 fully saturated rings. The first-order valence-electron chi connectivity index (χ1n) is 9.45. The van der Waals surface area contributed by atoms with Crippen LogP contribution in [0.2, 0.25) is 0 Å². The van der Waals surface area contributed by atoms with Crippen LogP contribution in [0.25, 0.3) is 10.9 Å². The fraction of sp³-hybridized carbons (Fsp3) is 0.217. The first-order valence-corrected chi connectivity index (χ1v) is 9.45. The average molecular weight is 390 g/mol. The molecule has 6 nitrogen and oxygen atoms in total. The first-order chi connectivity index (χ1) is 14.0. The second-order valence-corrected chi connectivity index (χ2v) is 7.10. The SMILES string of the molecule is COc1ccc([C@H]2C(C(C)=O)=C(O)C(=O)N2CCc2c[nH]c3ccccc23)cc1. The highest BCUT2D eigenvalue weighted by Crippen LogP contribution is 2.38. The number of Topliss-reactive ketones (excluding diaryl/α,β-unsaturated/α-hetero) is 1. The number of ketones is 1. The normalized spacial score (nSPS) is 16.7. The molecule has 0 bridgehead atoms. The summed E-state index contributed by atoms with van der Waals surface area (Å²) < 4.78 is 5.20. The minimum atomic E-state index is -0.615. The van der Waals surface area contributed by atoms with Gasteiger partial charge < -0.3 is 19.7 Å². The molecule has 0 unspecified atom stereocenters. The van der Waals surface area contributed by atoms with Gasteiger partial charge in [0.05, 0.1) is 18.7 Å². The number of para-hydroxylation sites is 1. The van der Waals surface area contributed by atoms with E-state index in [4.69, 9.17) is 4.74 Å². The summed E-state index contributed by atoms with van der Waals surface area (Å²) in [4.78, 5) is 29.8. The molecule has 2 heterocycles. The van der Waals surface area contributed by atoms with Crippen molar-refractivity contribution in [2.45, 2.75) is 19.4 Å². The molecule has 3 aromatic rings. The number of H-pyrrole nitrogens is 1. The van der Waals surface area contributed by atoms with Crippen molar-refractivity contribution in [1.29, 1.82) is 0 Å². The van der Waals surface area contributed by atoms with Crippen LogP contribution in [0, 0.1) is 0 Å². The van der Waals surface area contributed by atoms with Crippen molar-refractivity contribution in [3.63, 3.8) is 0 Å². The summed E-state index contributed by atoms with van der Waals surface area (Å²) in [6.07, 6.45) is 2.54. The molecular formula is C23H22N2O4. The van der Waals surface area contributed by atoms with E-state index >= 15 is 0 Å². The van der Waals surface area contributed by atoms with Crippen molar-refractivity contribution in [2.75, 3.05) is 13.7 Å². The predicted octanol–water partition coefficient (Wildman–Crippen LogP) is 3.70. The second kappa shape index (κ2) is 7.47. The lowest BCUT2D eigenvalue weighted by molar-refractivity contribution is -0.129. The number of rotatable bonds is 6. The molecular weight excluding hydrogens is 368 g/mol. The molecule has 148 valence electrons. The van der Waals surface area contributed by atoms with Crippen molar-refractivity contribution in [1.82, 2.24) is 9.88 Å². The van der Waals surface area contributed by atoms with Crippen LogP contribution < -0.4 is 4.74 Å². The number of benzene rings is 2. The van der Waals surface area contributed by atoms with Gasteiger partial charge >= 0.3 is 0 Å². The van der Waals surface area contributed by atoms with Gasteiger partial charge in [-0.15, -0.1) is 0 Å². The number of aliphatic hydroxyl groups is 1. The third-order valence-corrected chi connectivity index (χ3v) is 5.41. The summed E-state index contributed by atoms with van der Waals surface area (Å²) in [6, 6.07) is 14.6. The number of nitrogens with one attached hydrogen (secondary N) is 1. The monoisotopic (exact) mass is 390 g/mol. The summed E-state index contributed by atoms with van der Waals surface area (Å²) in [6.45, 7) is 1.75. The Morgan fingerprint density at radius 1 is 1.17 bits per heavy atom. The number of hydrogen-bond donors (Lipinski definition) is 2. The maximum atomic E-state index is 12.8. The van der Waals surface area contributed by atoms with Gasteiger partial charge in [-0.25, -0.2) is 0 Å². The standard InChI is InChI=1S/C23H22N2O4/c1-14(26)20-21(15-7-9-17(29-2)10-8-15)25(23(28)22(20)27)12-11-16-13-24-19-6-4-3-5-18(16)19/h3-10,13,21,24,27H,11-12H2,1-2H3/t21-/m0/s1. The Balaban J connectivity index is 1.66. The molecule has 0 saturated heterocycles. The van der Waals surface area contributed by atoms with Gasteiger partial charge in [0, 0.05) is 23.6 Å². The minimum Gasteiger partial charge on any atom is -0.503 e. The summed E-state index contributed by atoms with van der Waals surface area (Å²) in [5, 5.41) is 11.5. The van der Waals surface area contributed by atoms with Crippen LogP contribution in [0.15, 0.2) is 66.1 Å². The number of carbonyl (C=O) groups is 2. The van der Waals surface area contributed by atoms with E-state index in [9.17, 15) is 14.7 Å². The van der Waals surface area contributed by atoms with Crippen molar-refractivity contribution < 1.29 is 19.4 Å². The Hall–Kier alpha value is -3.54. The Morgan fingerprint density at radius 3 is 2.59 bits per heavy atom. The molecule has 1 aromatic heterocycles. The Morgan fingerprint density at radius 2 is 1.90 bits per heavy atom. The smallest absolute Gasteiger partial charge is 0.290 e. The van der Waals surface area contributed by atoms with Crippen LogP contribution in [0.3, 0.4) is 0 Å². The first kappa shape index (κ1) is 18.8. The van der Waals surface area contributed by atoms with Crippen molar-refractivity contribution >= 4 is 22.6 Å². The molecule has 1 atom stereocenters. The van der Waals surface area contributed by atoms with E-state index in [0.29, 0.717) is 18.7 Å². The molecule has 4 rings (SSSR count). The molecule has 29 heavy (non-hydrogen) atoms. The van der Waals surface area contributed by atoms with Crippen LogP contribution in [0.1, 0.15) is 24.1 Å². The zero-order valence-electron chi connectivity index (χ0n) is 16.3. The van der Waals surface area contributed by atoms with E-state index in [1.54, 1.807) is 24.1 Å². The number of amides is 1. The van der Waals surface area contributed by atoms with Crippen molar-refractivity contribution in [2.24, 2.45) is 0 Å². The second-order valence-electron chi connectivity index (χ2n) is 7.10. The van der Waals surface area contributed by atoms with Gasteiger partial charge in [0.25, 0.3) is 5.91 Å². The fourth-order valence-corrected chi connectivity index (χ4v) is 3.96. The lowest BCUT2D eigenvalue weighted by Crippen LogP contribution is -2.32. The highest BCUT2D eigenvalue weighted by Gasteiger charge is 2.42. The van der Waals surface area contributed by atoms with E-state index in [1.807, 2.05) is 42.6 Å². The summed E-state index contributed by atoms with van der Waals surface area (Å²) >= 11 is 0. The summed E-state index contributed by atoms with van der Waals surface area (Å²) in [7, 11) is 1.58. The number of hydrogen-bond acceptors (Lipinski definition) is 4. The van der Waals surface area contributed by atoms with E-state index in [2.05, 4.69) is 4.98 Å². The summed E-state index contributed by atoms with van der Waals surface area (Å²) in [5.74, 6) is -0.611. The molecule has 0 radical (unpaired) electrons. The van der Waals surface area contributed by atoms with Gasteiger partial charge in [0.1, 0.15) is 5.75 Å². The Labute approximate surface area is 168 Å². The van der Waals surface area contributed by atoms with Crippen molar-refractivity contribution in [3.8, 4) is 5.75 Å². The van der Waals surface area contributed by atoms with E-state index in [-0.39, 0.29) is 11.4 Å². The van der Waals surface area contributed by atoms with Crippen LogP contribution in [0.4, 0.5) is 0 Å². The maximum absolute atomic E-state index is 12.8. The molecule has 2 N–H and O–H groups in total. The van der Waals surface area contributed by atoms with Crippen LogP contribution in [-0.4, -0.2) is 40.3 Å². The third kappa shape index (κ3) is 3.27. The highest BCUT2D eigenvalue weighted by molar-refractivity contribution is 6.08. The van der Waals surface area contributed by atoms with Crippen LogP contribution in [-0.2, 0) is 16.0 Å². The molecule has 2 aromatic carbocycles. The predicted molar refractivity (Wildman–Crippen MR) is 110 cm³/mol. The zero-order chi connectivity index (χ0) is 20.5. The van der Waals surface area contributed by atoms with E-state index < -0.39 is 17.7 Å². The molecule has 1 amide bonds. The van der Waals surface area contributed by atoms with Gasteiger partial charge in [0.2, 0.25) is 0 Å². The fourth-order valence-electron chi connectivity index (χ4n) is 3.96. The largest absolute Gasteiger partial charge is 0.503 e. The molecule has 0 saturated carbocycles. The van der Waals surface area contributed by atoms with Gasteiger partial charge in [-0.1, -0.05) is 30.3 Å². The van der Waals surface area contributed by atoms with E-state index in [1.165, 1.54) is 6.92 Å². The molecule has 6 heteroatoms. The van der Waals surface area contributed by atoms with Gasteiger partial charge in [-0.3, -0.25) is 9.59 Å². The number of aromatic nitrogens is 1. The lowest BCUT2D eigenvalue weighted by atomic mass is 9.96. The average Bonchev–Trinajstić information content (AvgIpc) is 3.25. The molecule has 1 aliphatic heterocycles. The number of methoxy groups -OCH3 is 1. The number of nitrogens with zero attached hydrogens (tertiary/aromatic N) is 1. The maximum Gasteiger partial charge on any atom is 0.290 e. The third-order valence-electron chi connectivity index (χ3n) is 5.41. The molecule has 0 aliphatic carbocycles. The van der Waals surface area contributed by atoms with Gasteiger partial charge in [-0.05, 0) is 42.7 Å². The lowest BCUT2D eigenvalue weighted by Gasteiger charge is -2.26. The topological polar surface area (TPSA) is 82.6 Å². The quantitative estimate of drug-likeness (QED) is 0.672.